The van der Waals surface area contributed by atoms with Crippen LogP contribution in [0.5, 0.6) is 0 Å². The molecule has 1 N–H and O–H groups in total. The van der Waals surface area contributed by atoms with Crippen LogP contribution in [-0.2, 0) is 26.1 Å². The third-order valence-electron chi connectivity index (χ3n) is 6.09. The molecule has 0 fully saturated rings. The molecule has 1 aromatic heterocycles. The van der Waals surface area contributed by atoms with E-state index in [0.29, 0.717) is 30.5 Å². The van der Waals surface area contributed by atoms with Gasteiger partial charge in [0.2, 0.25) is 0 Å². The van der Waals surface area contributed by atoms with Crippen LogP contribution in [0.15, 0.2) is 65.3 Å². The molecule has 0 saturated carbocycles. The highest BCUT2D eigenvalue weighted by molar-refractivity contribution is 5.95. The number of nitrogens with zero attached hydrogens (tertiary/aromatic N) is 2. The maximum Gasteiger partial charge on any atom is 0.255 e. The van der Waals surface area contributed by atoms with Crippen LogP contribution in [0.2, 0.25) is 0 Å². The number of rotatable bonds is 8. The predicted molar refractivity (Wildman–Crippen MR) is 124 cm³/mol. The van der Waals surface area contributed by atoms with Crippen LogP contribution >= 0.6 is 0 Å². The Bertz CT molecular complexity index is 1040. The minimum absolute atomic E-state index is 0.0973. The zero-order valence-corrected chi connectivity index (χ0v) is 18.6. The predicted octanol–water partition coefficient (Wildman–Crippen LogP) is 4.61. The number of carbonyl (C=O) groups excluding carboxylic acids is 1. The number of carbonyl (C=O) groups is 1. The molecule has 4 rings (SSSR count). The summed E-state index contributed by atoms with van der Waals surface area (Å²) in [6.07, 6.45) is 2.63. The fourth-order valence-corrected chi connectivity index (χ4v) is 4.23. The highest BCUT2D eigenvalue weighted by Gasteiger charge is 2.27. The Balaban J connectivity index is 1.41. The largest absolute Gasteiger partial charge is 0.467 e. The molecular weight excluding hydrogens is 386 g/mol. The van der Waals surface area contributed by atoms with Crippen molar-refractivity contribution in [3.8, 4) is 0 Å². The van der Waals surface area contributed by atoms with Crippen LogP contribution in [0.4, 0.5) is 5.69 Å². The van der Waals surface area contributed by atoms with E-state index in [1.54, 1.807) is 12.3 Å². The maximum absolute atomic E-state index is 12.9. The summed E-state index contributed by atoms with van der Waals surface area (Å²) in [6, 6.07) is 19.0. The van der Waals surface area contributed by atoms with E-state index in [1.807, 2.05) is 0 Å². The first-order valence-corrected chi connectivity index (χ1v) is 11.0. The van der Waals surface area contributed by atoms with Crippen molar-refractivity contribution in [2.45, 2.75) is 45.9 Å². The molecule has 1 aliphatic heterocycles. The molecule has 1 amide bonds. The number of hydrogen-bond acceptors (Lipinski definition) is 4. The first-order chi connectivity index (χ1) is 15.0. The quantitative estimate of drug-likeness (QED) is 0.581. The molecular formula is C26H31N3O2. The second-order valence-corrected chi connectivity index (χ2v) is 8.40. The van der Waals surface area contributed by atoms with E-state index in [2.05, 4.69) is 84.5 Å². The summed E-state index contributed by atoms with van der Waals surface area (Å²) >= 11 is 0. The Labute approximate surface area is 184 Å². The molecule has 0 spiro atoms. The third-order valence-corrected chi connectivity index (χ3v) is 6.09. The SMILES string of the molecule is CCN(C)Cc1cccc(CNC(=O)c2ccoc2CN2c3ccccc3CC2C)c1. The molecule has 5 nitrogen and oxygen atoms in total. The van der Waals surface area contributed by atoms with Gasteiger partial charge in [-0.15, -0.1) is 0 Å². The first-order valence-electron chi connectivity index (χ1n) is 11.0. The molecule has 5 heteroatoms. The number of nitrogens with one attached hydrogen (secondary N) is 1. The van der Waals surface area contributed by atoms with Crippen LogP contribution in [0.3, 0.4) is 0 Å². The normalized spacial score (nSPS) is 15.4. The molecule has 0 radical (unpaired) electrons. The molecule has 0 aliphatic carbocycles. The summed E-state index contributed by atoms with van der Waals surface area (Å²) in [5.41, 5.74) is 5.54. The van der Waals surface area contributed by atoms with Gasteiger partial charge in [-0.2, -0.15) is 0 Å². The highest BCUT2D eigenvalue weighted by Crippen LogP contribution is 2.33. The number of fused-ring (bicyclic) bond motifs is 1. The van der Waals surface area contributed by atoms with Gasteiger partial charge in [-0.1, -0.05) is 49.4 Å². The maximum atomic E-state index is 12.9. The Kier molecular flexibility index (Phi) is 6.42. The third kappa shape index (κ3) is 4.83. The zero-order valence-electron chi connectivity index (χ0n) is 18.6. The Morgan fingerprint density at radius 1 is 1.16 bits per heavy atom. The Morgan fingerprint density at radius 2 is 1.97 bits per heavy atom. The summed E-state index contributed by atoms with van der Waals surface area (Å²) in [4.78, 5) is 17.5. The summed E-state index contributed by atoms with van der Waals surface area (Å²) in [5, 5.41) is 3.06. The minimum Gasteiger partial charge on any atom is -0.467 e. The van der Waals surface area contributed by atoms with Crippen LogP contribution in [-0.4, -0.2) is 30.4 Å². The number of hydrogen-bond donors (Lipinski definition) is 1. The molecule has 1 unspecified atom stereocenters. The molecule has 31 heavy (non-hydrogen) atoms. The van der Waals surface area contributed by atoms with Crippen molar-refractivity contribution >= 4 is 11.6 Å². The second kappa shape index (κ2) is 9.40. The molecule has 2 heterocycles. The van der Waals surface area contributed by atoms with Crippen LogP contribution in [0, 0.1) is 0 Å². The van der Waals surface area contributed by atoms with Gasteiger partial charge < -0.3 is 19.5 Å². The van der Waals surface area contributed by atoms with Gasteiger partial charge in [-0.05, 0) is 55.8 Å². The molecule has 3 aromatic rings. The number of furan rings is 1. The minimum atomic E-state index is -0.0973. The fraction of sp³-hybridized carbons (Fsp3) is 0.346. The monoisotopic (exact) mass is 417 g/mol. The van der Waals surface area contributed by atoms with Crippen molar-refractivity contribution in [3.63, 3.8) is 0 Å². The van der Waals surface area contributed by atoms with Crippen LogP contribution in [0.25, 0.3) is 0 Å². The lowest BCUT2D eigenvalue weighted by molar-refractivity contribution is 0.0949. The fourth-order valence-electron chi connectivity index (χ4n) is 4.23. The number of para-hydroxylation sites is 1. The zero-order chi connectivity index (χ0) is 21.8. The highest BCUT2D eigenvalue weighted by atomic mass is 16.3. The van der Waals surface area contributed by atoms with Gasteiger partial charge in [0, 0.05) is 24.8 Å². The lowest BCUT2D eigenvalue weighted by Gasteiger charge is -2.24. The van der Waals surface area contributed by atoms with Gasteiger partial charge in [0.25, 0.3) is 5.91 Å². The van der Waals surface area contributed by atoms with E-state index in [1.165, 1.54) is 16.8 Å². The molecule has 1 aliphatic rings. The van der Waals surface area contributed by atoms with Crippen molar-refractivity contribution in [2.24, 2.45) is 0 Å². The summed E-state index contributed by atoms with van der Waals surface area (Å²) in [6.45, 7) is 7.35. The van der Waals surface area contributed by atoms with Gasteiger partial charge in [0.05, 0.1) is 18.4 Å². The van der Waals surface area contributed by atoms with Crippen molar-refractivity contribution < 1.29 is 9.21 Å². The van der Waals surface area contributed by atoms with E-state index >= 15 is 0 Å². The lowest BCUT2D eigenvalue weighted by Crippen LogP contribution is -2.30. The lowest BCUT2D eigenvalue weighted by atomic mass is 10.1. The van der Waals surface area contributed by atoms with Crippen molar-refractivity contribution in [2.75, 3.05) is 18.5 Å². The smallest absolute Gasteiger partial charge is 0.255 e. The Hall–Kier alpha value is -3.05. The molecule has 0 bridgehead atoms. The average Bonchev–Trinajstić information content (AvgIpc) is 3.37. The van der Waals surface area contributed by atoms with E-state index in [9.17, 15) is 4.79 Å². The summed E-state index contributed by atoms with van der Waals surface area (Å²) in [7, 11) is 2.11. The van der Waals surface area contributed by atoms with Gasteiger partial charge in [0.1, 0.15) is 5.76 Å². The molecule has 0 saturated heterocycles. The van der Waals surface area contributed by atoms with Gasteiger partial charge >= 0.3 is 0 Å². The van der Waals surface area contributed by atoms with Crippen LogP contribution in [0.1, 0.15) is 46.7 Å². The Morgan fingerprint density at radius 3 is 2.81 bits per heavy atom. The van der Waals surface area contributed by atoms with E-state index < -0.39 is 0 Å². The standard InChI is InChI=1S/C26H31N3O2/c1-4-28(3)17-21-9-7-8-20(15-21)16-27-26(30)23-12-13-31-25(23)18-29-19(2)14-22-10-5-6-11-24(22)29/h5-13,15,19H,4,14,16-18H2,1-3H3,(H,27,30). The summed E-state index contributed by atoms with van der Waals surface area (Å²) < 4.78 is 5.73. The average molecular weight is 418 g/mol. The van der Waals surface area contributed by atoms with E-state index in [0.717, 1.165) is 25.1 Å². The van der Waals surface area contributed by atoms with E-state index in [4.69, 9.17) is 4.42 Å². The van der Waals surface area contributed by atoms with E-state index in [-0.39, 0.29) is 5.91 Å². The molecule has 1 atom stereocenters. The second-order valence-electron chi connectivity index (χ2n) is 8.40. The topological polar surface area (TPSA) is 48.7 Å². The van der Waals surface area contributed by atoms with Crippen molar-refractivity contribution in [3.05, 3.63) is 88.9 Å². The van der Waals surface area contributed by atoms with Gasteiger partial charge in [-0.25, -0.2) is 0 Å². The van der Waals surface area contributed by atoms with Gasteiger partial charge in [0.15, 0.2) is 0 Å². The molecule has 2 aromatic carbocycles. The van der Waals surface area contributed by atoms with Crippen LogP contribution < -0.4 is 10.2 Å². The number of anilines is 1. The first kappa shape index (κ1) is 21.2. The number of benzene rings is 2. The molecule has 162 valence electrons. The number of amides is 1. The van der Waals surface area contributed by atoms with Crippen molar-refractivity contribution in [1.29, 1.82) is 0 Å². The van der Waals surface area contributed by atoms with Gasteiger partial charge in [-0.3, -0.25) is 4.79 Å². The summed E-state index contributed by atoms with van der Waals surface area (Å²) in [5.74, 6) is 0.610. The van der Waals surface area contributed by atoms with Crippen molar-refractivity contribution in [1.82, 2.24) is 10.2 Å².